The number of rotatable bonds is 4. The fourth-order valence-corrected chi connectivity index (χ4v) is 4.26. The van der Waals surface area contributed by atoms with Crippen molar-refractivity contribution in [3.63, 3.8) is 0 Å². The molecule has 0 aliphatic carbocycles. The summed E-state index contributed by atoms with van der Waals surface area (Å²) < 4.78 is 0.802. The highest BCUT2D eigenvalue weighted by atomic mass is 79.9. The standard InChI is InChI=1S/C25H24BrN3O3/c1-17-5-2-3-8-22(17)28-11-13-29(14-12-28)25(32)21-10-9-20(16-23(21)30)27-24(31)18-6-4-7-19(26)15-18/h2-10,15-16,30H,11-14H2,1H3,(H,27,31). The SMILES string of the molecule is Cc1ccccc1N1CCN(C(=O)c2ccc(NC(=O)c3cccc(Br)c3)cc2O)CC1. The van der Waals surface area contributed by atoms with Gasteiger partial charge in [0.2, 0.25) is 0 Å². The minimum Gasteiger partial charge on any atom is -0.507 e. The van der Waals surface area contributed by atoms with Gasteiger partial charge in [0.05, 0.1) is 5.56 Å². The summed E-state index contributed by atoms with van der Waals surface area (Å²) in [6, 6.07) is 19.9. The summed E-state index contributed by atoms with van der Waals surface area (Å²) in [6.45, 7) is 4.71. The van der Waals surface area contributed by atoms with Crippen molar-refractivity contribution >= 4 is 39.1 Å². The summed E-state index contributed by atoms with van der Waals surface area (Å²) in [5.74, 6) is -0.655. The van der Waals surface area contributed by atoms with Gasteiger partial charge in [0, 0.05) is 53.7 Å². The number of benzene rings is 3. The first-order valence-corrected chi connectivity index (χ1v) is 11.2. The van der Waals surface area contributed by atoms with E-state index in [1.807, 2.05) is 18.2 Å². The van der Waals surface area contributed by atoms with Crippen LogP contribution in [-0.4, -0.2) is 48.0 Å². The van der Waals surface area contributed by atoms with E-state index in [0.717, 1.165) is 17.6 Å². The zero-order valence-electron chi connectivity index (χ0n) is 17.7. The number of aromatic hydroxyl groups is 1. The molecular formula is C25H24BrN3O3. The van der Waals surface area contributed by atoms with Crippen molar-refractivity contribution in [2.45, 2.75) is 6.92 Å². The predicted molar refractivity (Wildman–Crippen MR) is 129 cm³/mol. The van der Waals surface area contributed by atoms with Crippen molar-refractivity contribution in [3.05, 3.63) is 87.9 Å². The number of carbonyl (C=O) groups is 2. The van der Waals surface area contributed by atoms with E-state index in [4.69, 9.17) is 0 Å². The maximum absolute atomic E-state index is 13.0. The molecule has 1 fully saturated rings. The molecule has 32 heavy (non-hydrogen) atoms. The largest absolute Gasteiger partial charge is 0.507 e. The first-order chi connectivity index (χ1) is 15.4. The Morgan fingerprint density at radius 3 is 2.38 bits per heavy atom. The molecule has 6 nitrogen and oxygen atoms in total. The molecule has 1 saturated heterocycles. The number of hydrogen-bond acceptors (Lipinski definition) is 4. The molecule has 0 spiro atoms. The highest BCUT2D eigenvalue weighted by Gasteiger charge is 2.25. The first kappa shape index (κ1) is 21.9. The fourth-order valence-electron chi connectivity index (χ4n) is 3.86. The van der Waals surface area contributed by atoms with Crippen LogP contribution in [0.25, 0.3) is 0 Å². The molecule has 4 rings (SSSR count). The van der Waals surface area contributed by atoms with Gasteiger partial charge < -0.3 is 20.2 Å². The third-order valence-electron chi connectivity index (χ3n) is 5.60. The van der Waals surface area contributed by atoms with Gasteiger partial charge in [-0.1, -0.05) is 40.2 Å². The van der Waals surface area contributed by atoms with E-state index in [1.54, 1.807) is 35.2 Å². The van der Waals surface area contributed by atoms with Gasteiger partial charge in [-0.2, -0.15) is 0 Å². The van der Waals surface area contributed by atoms with Crippen LogP contribution in [0.4, 0.5) is 11.4 Å². The van der Waals surface area contributed by atoms with Gasteiger partial charge >= 0.3 is 0 Å². The van der Waals surface area contributed by atoms with Gasteiger partial charge in [0.15, 0.2) is 0 Å². The van der Waals surface area contributed by atoms with Crippen LogP contribution in [0.1, 0.15) is 26.3 Å². The quantitative estimate of drug-likeness (QED) is 0.553. The average molecular weight is 494 g/mol. The first-order valence-electron chi connectivity index (χ1n) is 10.4. The van der Waals surface area contributed by atoms with E-state index in [1.165, 1.54) is 17.3 Å². The Balaban J connectivity index is 1.40. The van der Waals surface area contributed by atoms with Crippen molar-refractivity contribution in [2.75, 3.05) is 36.4 Å². The van der Waals surface area contributed by atoms with Crippen molar-refractivity contribution in [3.8, 4) is 5.75 Å². The van der Waals surface area contributed by atoms with E-state index in [2.05, 4.69) is 45.2 Å². The lowest BCUT2D eigenvalue weighted by Gasteiger charge is -2.37. The molecule has 1 heterocycles. The van der Waals surface area contributed by atoms with Crippen LogP contribution in [0.2, 0.25) is 0 Å². The second kappa shape index (κ2) is 9.44. The number of halogens is 1. The third kappa shape index (κ3) is 4.78. The van der Waals surface area contributed by atoms with Crippen molar-refractivity contribution in [1.29, 1.82) is 0 Å². The molecule has 0 unspecified atom stereocenters. The number of phenolic OH excluding ortho intramolecular Hbond substituents is 1. The van der Waals surface area contributed by atoms with E-state index in [0.29, 0.717) is 24.3 Å². The number of aryl methyl sites for hydroxylation is 1. The molecule has 0 radical (unpaired) electrons. The molecule has 7 heteroatoms. The normalized spacial score (nSPS) is 13.7. The molecule has 1 aliphatic rings. The highest BCUT2D eigenvalue weighted by molar-refractivity contribution is 9.10. The Kier molecular flexibility index (Phi) is 6.46. The van der Waals surface area contributed by atoms with Gasteiger partial charge in [0.1, 0.15) is 5.75 Å². The fraction of sp³-hybridized carbons (Fsp3) is 0.200. The maximum atomic E-state index is 13.0. The van der Waals surface area contributed by atoms with Crippen LogP contribution in [0.3, 0.4) is 0 Å². The summed E-state index contributed by atoms with van der Waals surface area (Å²) in [7, 11) is 0. The predicted octanol–water partition coefficient (Wildman–Crippen LogP) is 4.68. The second-order valence-electron chi connectivity index (χ2n) is 7.76. The zero-order chi connectivity index (χ0) is 22.7. The Morgan fingerprint density at radius 2 is 1.69 bits per heavy atom. The van der Waals surface area contributed by atoms with Gasteiger partial charge in [-0.3, -0.25) is 9.59 Å². The number of amides is 2. The van der Waals surface area contributed by atoms with Crippen LogP contribution < -0.4 is 10.2 Å². The molecule has 0 atom stereocenters. The zero-order valence-corrected chi connectivity index (χ0v) is 19.3. The third-order valence-corrected chi connectivity index (χ3v) is 6.09. The molecule has 164 valence electrons. The molecule has 2 N–H and O–H groups in total. The number of piperazine rings is 1. The topological polar surface area (TPSA) is 72.9 Å². The van der Waals surface area contributed by atoms with E-state index < -0.39 is 0 Å². The summed E-state index contributed by atoms with van der Waals surface area (Å²) in [6.07, 6.45) is 0. The lowest BCUT2D eigenvalue weighted by molar-refractivity contribution is 0.0743. The van der Waals surface area contributed by atoms with E-state index >= 15 is 0 Å². The molecule has 0 saturated carbocycles. The van der Waals surface area contributed by atoms with E-state index in [9.17, 15) is 14.7 Å². The number of hydrogen-bond donors (Lipinski definition) is 2. The van der Waals surface area contributed by atoms with E-state index in [-0.39, 0.29) is 23.1 Å². The number of nitrogens with one attached hydrogen (secondary N) is 1. The summed E-state index contributed by atoms with van der Waals surface area (Å²) in [5.41, 5.74) is 3.55. The molecule has 0 bridgehead atoms. The number of anilines is 2. The van der Waals surface area contributed by atoms with Crippen LogP contribution >= 0.6 is 15.9 Å². The summed E-state index contributed by atoms with van der Waals surface area (Å²) in [4.78, 5) is 29.4. The number of phenols is 1. The van der Waals surface area contributed by atoms with Gasteiger partial charge in [-0.15, -0.1) is 0 Å². The monoisotopic (exact) mass is 493 g/mol. The van der Waals surface area contributed by atoms with Crippen molar-refractivity contribution in [1.82, 2.24) is 4.90 Å². The van der Waals surface area contributed by atoms with Crippen LogP contribution in [0, 0.1) is 6.92 Å². The second-order valence-corrected chi connectivity index (χ2v) is 8.68. The van der Waals surface area contributed by atoms with Crippen molar-refractivity contribution in [2.24, 2.45) is 0 Å². The Morgan fingerprint density at radius 1 is 0.938 bits per heavy atom. The Hall–Kier alpha value is -3.32. The Bertz CT molecular complexity index is 1160. The van der Waals surface area contributed by atoms with Crippen LogP contribution in [0.15, 0.2) is 71.2 Å². The summed E-state index contributed by atoms with van der Waals surface area (Å²) >= 11 is 3.35. The number of para-hydroxylation sites is 1. The minimum atomic E-state index is -0.294. The average Bonchev–Trinajstić information content (AvgIpc) is 2.79. The molecule has 0 aromatic heterocycles. The minimum absolute atomic E-state index is 0.150. The Labute approximate surface area is 195 Å². The number of nitrogens with zero attached hydrogens (tertiary/aromatic N) is 2. The van der Waals surface area contributed by atoms with Gasteiger partial charge in [0.25, 0.3) is 11.8 Å². The maximum Gasteiger partial charge on any atom is 0.257 e. The lowest BCUT2D eigenvalue weighted by atomic mass is 10.1. The molecule has 3 aromatic rings. The van der Waals surface area contributed by atoms with Crippen LogP contribution in [-0.2, 0) is 0 Å². The molecule has 2 amide bonds. The van der Waals surface area contributed by atoms with Crippen LogP contribution in [0.5, 0.6) is 5.75 Å². The van der Waals surface area contributed by atoms with Gasteiger partial charge in [-0.05, 0) is 48.9 Å². The highest BCUT2D eigenvalue weighted by Crippen LogP contribution is 2.26. The van der Waals surface area contributed by atoms with Gasteiger partial charge in [-0.25, -0.2) is 0 Å². The lowest BCUT2D eigenvalue weighted by Crippen LogP contribution is -2.49. The molecular weight excluding hydrogens is 470 g/mol. The van der Waals surface area contributed by atoms with Crippen molar-refractivity contribution < 1.29 is 14.7 Å². The molecule has 3 aromatic carbocycles. The molecule has 1 aliphatic heterocycles. The smallest absolute Gasteiger partial charge is 0.257 e. The summed E-state index contributed by atoms with van der Waals surface area (Å²) in [5, 5.41) is 13.2. The number of carbonyl (C=O) groups excluding carboxylic acids is 2.